The molecule has 3 aliphatic rings. The number of amides is 2. The van der Waals surface area contributed by atoms with Crippen LogP contribution in [0.1, 0.15) is 31.2 Å². The number of ketones is 2. The first kappa shape index (κ1) is 27.6. The Bertz CT molecular complexity index is 1380. The van der Waals surface area contributed by atoms with Gasteiger partial charge >= 0.3 is 0 Å². The van der Waals surface area contributed by atoms with Gasteiger partial charge in [-0.2, -0.15) is 0 Å². The lowest BCUT2D eigenvalue weighted by atomic mass is 9.92. The van der Waals surface area contributed by atoms with E-state index in [-0.39, 0.29) is 34.7 Å². The first-order valence-electron chi connectivity index (χ1n) is 11.8. The molecule has 0 radical (unpaired) electrons. The first-order valence-corrected chi connectivity index (χ1v) is 13.7. The third-order valence-corrected chi connectivity index (χ3v) is 9.35. The Labute approximate surface area is 223 Å². The van der Waals surface area contributed by atoms with Crippen molar-refractivity contribution in [2.75, 3.05) is 20.2 Å². The van der Waals surface area contributed by atoms with Crippen molar-refractivity contribution in [1.29, 1.82) is 0 Å². The minimum atomic E-state index is -4.22. The molecule has 0 saturated carbocycles. The van der Waals surface area contributed by atoms with Gasteiger partial charge in [0.05, 0.1) is 18.4 Å². The molecule has 0 aliphatic carbocycles. The van der Waals surface area contributed by atoms with Crippen molar-refractivity contribution in [2.24, 2.45) is 5.92 Å². The second-order valence-corrected chi connectivity index (χ2v) is 11.7. The van der Waals surface area contributed by atoms with Crippen LogP contribution in [0, 0.1) is 11.7 Å². The summed E-state index contributed by atoms with van der Waals surface area (Å²) in [5.74, 6) is -1.73. The number of pyridine rings is 1. The molecule has 3 aliphatic heterocycles. The molecular formula is C25H25ClFN3O7S. The van der Waals surface area contributed by atoms with Crippen LogP contribution >= 0.6 is 11.6 Å². The summed E-state index contributed by atoms with van der Waals surface area (Å²) < 4.78 is 45.4. The van der Waals surface area contributed by atoms with Crippen molar-refractivity contribution in [3.63, 3.8) is 0 Å². The Balaban J connectivity index is 0.000000317. The predicted octanol–water partition coefficient (Wildman–Crippen LogP) is 1.88. The number of carbonyl (C=O) groups is 4. The van der Waals surface area contributed by atoms with Crippen molar-refractivity contribution < 1.29 is 36.7 Å². The van der Waals surface area contributed by atoms with Crippen LogP contribution < -0.4 is 10.1 Å². The van der Waals surface area contributed by atoms with E-state index in [2.05, 4.69) is 10.3 Å². The quantitative estimate of drug-likeness (QED) is 0.428. The minimum absolute atomic E-state index is 0.000787. The summed E-state index contributed by atoms with van der Waals surface area (Å²) in [7, 11) is -2.80. The van der Waals surface area contributed by atoms with Crippen LogP contribution in [-0.2, 0) is 35.4 Å². The smallest absolute Gasteiger partial charge is 0.228 e. The van der Waals surface area contributed by atoms with Gasteiger partial charge in [-0.25, -0.2) is 17.8 Å². The molecule has 2 amide bonds. The Morgan fingerprint density at radius 2 is 1.92 bits per heavy atom. The number of β-lactam (4-membered cyclic amide) rings is 1. The van der Waals surface area contributed by atoms with E-state index in [1.807, 2.05) is 0 Å². The average molecular weight is 566 g/mol. The number of methoxy groups -OCH3 is 1. The van der Waals surface area contributed by atoms with E-state index < -0.39 is 44.6 Å². The number of halogens is 2. The fourth-order valence-electron chi connectivity index (χ4n) is 4.82. The molecule has 2 atom stereocenters. The molecule has 2 aromatic rings. The van der Waals surface area contributed by atoms with E-state index in [1.54, 1.807) is 0 Å². The van der Waals surface area contributed by atoms with E-state index in [0.717, 1.165) is 11.1 Å². The summed E-state index contributed by atoms with van der Waals surface area (Å²) in [5.41, 5.74) is 0.432. The first-order chi connectivity index (χ1) is 18.0. The zero-order valence-electron chi connectivity index (χ0n) is 20.4. The van der Waals surface area contributed by atoms with E-state index in [4.69, 9.17) is 16.3 Å². The molecule has 4 heterocycles. The standard InChI is InChI=1S/C19H16ClFN2O5S.C6H9NO2/c1-28-15-4-2-13(21)7-11(15)6-12-10-23-17(24)8-19(23,18(12)25)29(26,27)14-3-5-16(20)22-9-14;8-5-1-2-6(9)7-4-3-5/h2-5,7,9,12H,6,8,10H2,1H3;1-4H2,(H,7,9). The molecular weight excluding hydrogens is 541 g/mol. The van der Waals surface area contributed by atoms with Crippen LogP contribution in [0.3, 0.4) is 0 Å². The summed E-state index contributed by atoms with van der Waals surface area (Å²) >= 11 is 5.73. The fraction of sp³-hybridized carbons (Fsp3) is 0.400. The Hall–Kier alpha value is -3.38. The summed E-state index contributed by atoms with van der Waals surface area (Å²) in [6.07, 6.45) is 2.01. The Morgan fingerprint density at radius 1 is 1.16 bits per heavy atom. The molecule has 1 aromatic carbocycles. The molecule has 38 heavy (non-hydrogen) atoms. The topological polar surface area (TPSA) is 140 Å². The van der Waals surface area contributed by atoms with Gasteiger partial charge in [0, 0.05) is 44.5 Å². The highest BCUT2D eigenvalue weighted by Gasteiger charge is 2.70. The number of fused-ring (bicyclic) bond motifs is 1. The summed E-state index contributed by atoms with van der Waals surface area (Å²) in [6.45, 7) is 0.468. The molecule has 0 bridgehead atoms. The Kier molecular flexibility index (Phi) is 7.84. The predicted molar refractivity (Wildman–Crippen MR) is 133 cm³/mol. The van der Waals surface area contributed by atoms with Gasteiger partial charge in [0.25, 0.3) is 0 Å². The van der Waals surface area contributed by atoms with Gasteiger partial charge in [0.2, 0.25) is 26.5 Å². The number of sulfone groups is 1. The zero-order valence-corrected chi connectivity index (χ0v) is 22.0. The van der Waals surface area contributed by atoms with Gasteiger partial charge in [-0.15, -0.1) is 0 Å². The van der Waals surface area contributed by atoms with Gasteiger partial charge in [-0.3, -0.25) is 19.2 Å². The molecule has 202 valence electrons. The van der Waals surface area contributed by atoms with Crippen LogP contribution in [0.4, 0.5) is 4.39 Å². The highest BCUT2D eigenvalue weighted by Crippen LogP contribution is 2.48. The van der Waals surface area contributed by atoms with E-state index in [1.165, 1.54) is 37.4 Å². The lowest BCUT2D eigenvalue weighted by molar-refractivity contribution is -0.150. The van der Waals surface area contributed by atoms with Gasteiger partial charge in [0.1, 0.15) is 22.5 Å². The highest BCUT2D eigenvalue weighted by molar-refractivity contribution is 7.93. The molecule has 13 heteroatoms. The number of Topliss-reactive ketones (excluding diaryl/α,β-unsaturated/α-hetero) is 2. The summed E-state index contributed by atoms with van der Waals surface area (Å²) in [4.78, 5) is 49.3. The van der Waals surface area contributed by atoms with Crippen molar-refractivity contribution in [3.05, 3.63) is 53.1 Å². The zero-order chi connectivity index (χ0) is 27.7. The van der Waals surface area contributed by atoms with Crippen LogP contribution in [0.5, 0.6) is 5.75 Å². The van der Waals surface area contributed by atoms with Crippen molar-refractivity contribution in [2.45, 2.75) is 41.9 Å². The maximum absolute atomic E-state index is 13.7. The Morgan fingerprint density at radius 3 is 2.58 bits per heavy atom. The van der Waals surface area contributed by atoms with Crippen molar-refractivity contribution in [3.8, 4) is 5.75 Å². The molecule has 5 rings (SSSR count). The number of ether oxygens (including phenoxy) is 1. The van der Waals surface area contributed by atoms with E-state index >= 15 is 0 Å². The van der Waals surface area contributed by atoms with Crippen LogP contribution in [-0.4, -0.2) is 66.8 Å². The van der Waals surface area contributed by atoms with Gasteiger partial charge in [0.15, 0.2) is 5.78 Å². The van der Waals surface area contributed by atoms with Crippen LogP contribution in [0.15, 0.2) is 41.4 Å². The minimum Gasteiger partial charge on any atom is -0.496 e. The van der Waals surface area contributed by atoms with Crippen molar-refractivity contribution >= 4 is 44.8 Å². The number of hydrogen-bond donors (Lipinski definition) is 1. The number of aromatic nitrogens is 1. The summed E-state index contributed by atoms with van der Waals surface area (Å²) in [5, 5.41) is 2.72. The number of benzene rings is 1. The van der Waals surface area contributed by atoms with E-state index in [9.17, 15) is 32.0 Å². The average Bonchev–Trinajstić information content (AvgIpc) is 2.96. The third kappa shape index (κ3) is 5.02. The molecule has 1 aromatic heterocycles. The van der Waals surface area contributed by atoms with Gasteiger partial charge in [-0.05, 0) is 42.3 Å². The maximum atomic E-state index is 13.7. The van der Waals surface area contributed by atoms with E-state index in [0.29, 0.717) is 37.1 Å². The van der Waals surface area contributed by atoms with Gasteiger partial charge < -0.3 is 15.0 Å². The van der Waals surface area contributed by atoms with Crippen molar-refractivity contribution in [1.82, 2.24) is 15.2 Å². The lowest BCUT2D eigenvalue weighted by Gasteiger charge is -2.44. The van der Waals surface area contributed by atoms with Crippen LogP contribution in [0.2, 0.25) is 5.15 Å². The van der Waals surface area contributed by atoms with Crippen LogP contribution in [0.25, 0.3) is 0 Å². The number of carbonyl (C=O) groups excluding carboxylic acids is 4. The number of rotatable bonds is 5. The summed E-state index contributed by atoms with van der Waals surface area (Å²) in [6, 6.07) is 6.49. The second-order valence-electron chi connectivity index (χ2n) is 9.15. The molecule has 0 spiro atoms. The number of hydrogen-bond acceptors (Lipinski definition) is 8. The molecule has 2 unspecified atom stereocenters. The second kappa shape index (κ2) is 10.8. The highest BCUT2D eigenvalue weighted by atomic mass is 35.5. The maximum Gasteiger partial charge on any atom is 0.228 e. The van der Waals surface area contributed by atoms with Gasteiger partial charge in [-0.1, -0.05) is 11.6 Å². The number of nitrogens with one attached hydrogen (secondary N) is 1. The fourth-order valence-corrected chi connectivity index (χ4v) is 6.98. The number of nitrogens with zero attached hydrogens (tertiary/aromatic N) is 2. The monoisotopic (exact) mass is 565 g/mol. The molecule has 3 saturated heterocycles. The third-order valence-electron chi connectivity index (χ3n) is 6.81. The largest absolute Gasteiger partial charge is 0.496 e. The molecule has 10 nitrogen and oxygen atoms in total. The molecule has 1 N–H and O–H groups in total. The SMILES string of the molecule is COc1ccc(F)cc1CC1CN2C(=O)CC2(S(=O)(=O)c2ccc(Cl)nc2)C1=O.O=C1CCNC(=O)CC1. The lowest BCUT2D eigenvalue weighted by Crippen LogP contribution is -2.67. The molecule has 3 fully saturated rings. The normalized spacial score (nSPS) is 23.0.